The summed E-state index contributed by atoms with van der Waals surface area (Å²) < 4.78 is 0. The van der Waals surface area contributed by atoms with Crippen LogP contribution in [0.2, 0.25) is 0 Å². The van der Waals surface area contributed by atoms with Crippen molar-refractivity contribution in [2.45, 2.75) is 5.41 Å². The van der Waals surface area contributed by atoms with E-state index in [9.17, 15) is 0 Å². The molecule has 0 bridgehead atoms. The Bertz CT molecular complexity index is 2510. The standard InChI is InChI=1S/C46H29N3/c1-3-15-30(16-4-1)32-19-13-20-33(29-32)44-47-43(31-17-5-2-6-18-31)48-45(49-44)37-24-14-28-41-42(37)36-23-9-12-27-40(36)46(41)38-25-10-7-21-34(38)35-22-8-11-26-39(35)46/h1-29H. The van der Waals surface area contributed by atoms with E-state index in [1.54, 1.807) is 0 Å². The zero-order valence-electron chi connectivity index (χ0n) is 26.6. The minimum absolute atomic E-state index is 0.433. The highest BCUT2D eigenvalue weighted by molar-refractivity contribution is 5.99. The van der Waals surface area contributed by atoms with Crippen LogP contribution in [-0.4, -0.2) is 15.0 Å². The van der Waals surface area contributed by atoms with Crippen LogP contribution >= 0.6 is 0 Å². The van der Waals surface area contributed by atoms with Gasteiger partial charge in [-0.15, -0.1) is 0 Å². The molecule has 7 aromatic carbocycles. The Hall–Kier alpha value is -6.45. The van der Waals surface area contributed by atoms with Crippen LogP contribution < -0.4 is 0 Å². The Balaban J connectivity index is 1.24. The Kier molecular flexibility index (Phi) is 6.09. The third-order valence-electron chi connectivity index (χ3n) is 10.2. The number of rotatable bonds is 4. The molecule has 1 spiro atoms. The molecule has 0 N–H and O–H groups in total. The van der Waals surface area contributed by atoms with Gasteiger partial charge in [-0.05, 0) is 61.7 Å². The molecule has 8 aromatic rings. The summed E-state index contributed by atoms with van der Waals surface area (Å²) in [6.45, 7) is 0. The van der Waals surface area contributed by atoms with Crippen molar-refractivity contribution in [3.63, 3.8) is 0 Å². The summed E-state index contributed by atoms with van der Waals surface area (Å²) in [7, 11) is 0. The minimum Gasteiger partial charge on any atom is -0.208 e. The predicted octanol–water partition coefficient (Wildman–Crippen LogP) is 10.9. The van der Waals surface area contributed by atoms with Crippen LogP contribution in [0.4, 0.5) is 0 Å². The van der Waals surface area contributed by atoms with E-state index in [4.69, 9.17) is 15.0 Å². The maximum atomic E-state index is 5.27. The van der Waals surface area contributed by atoms with Gasteiger partial charge in [0.1, 0.15) is 0 Å². The summed E-state index contributed by atoms with van der Waals surface area (Å²) in [6.07, 6.45) is 0. The van der Waals surface area contributed by atoms with Crippen LogP contribution in [0.3, 0.4) is 0 Å². The second-order valence-corrected chi connectivity index (χ2v) is 12.7. The molecule has 0 saturated carbocycles. The number of nitrogens with zero attached hydrogens (tertiary/aromatic N) is 3. The first-order valence-electron chi connectivity index (χ1n) is 16.7. The molecule has 49 heavy (non-hydrogen) atoms. The fraction of sp³-hybridized carbons (Fsp3) is 0.0217. The third-order valence-corrected chi connectivity index (χ3v) is 10.2. The van der Waals surface area contributed by atoms with Gasteiger partial charge in [0.15, 0.2) is 17.5 Å². The second kappa shape index (κ2) is 10.8. The lowest BCUT2D eigenvalue weighted by Crippen LogP contribution is -2.25. The van der Waals surface area contributed by atoms with Gasteiger partial charge in [-0.3, -0.25) is 0 Å². The molecule has 0 saturated heterocycles. The van der Waals surface area contributed by atoms with Gasteiger partial charge in [-0.1, -0.05) is 170 Å². The van der Waals surface area contributed by atoms with E-state index in [2.05, 4.69) is 152 Å². The van der Waals surface area contributed by atoms with Crippen LogP contribution in [0.15, 0.2) is 176 Å². The van der Waals surface area contributed by atoms with E-state index >= 15 is 0 Å². The van der Waals surface area contributed by atoms with Gasteiger partial charge >= 0.3 is 0 Å². The van der Waals surface area contributed by atoms with Gasteiger partial charge in [-0.25, -0.2) is 15.0 Å². The van der Waals surface area contributed by atoms with Crippen LogP contribution in [-0.2, 0) is 5.41 Å². The van der Waals surface area contributed by atoms with Gasteiger partial charge in [0, 0.05) is 16.7 Å². The van der Waals surface area contributed by atoms with Crippen LogP contribution in [0.25, 0.3) is 67.5 Å². The molecule has 1 aromatic heterocycles. The van der Waals surface area contributed by atoms with Crippen molar-refractivity contribution >= 4 is 0 Å². The molecule has 0 fully saturated rings. The molecule has 3 heteroatoms. The molecular formula is C46H29N3. The first kappa shape index (κ1) is 27.6. The predicted molar refractivity (Wildman–Crippen MR) is 198 cm³/mol. The van der Waals surface area contributed by atoms with Crippen molar-refractivity contribution in [1.82, 2.24) is 15.0 Å². The average molecular weight is 624 g/mol. The Labute approximate surface area is 285 Å². The summed E-state index contributed by atoms with van der Waals surface area (Å²) in [6, 6.07) is 62.5. The van der Waals surface area contributed by atoms with Gasteiger partial charge < -0.3 is 0 Å². The van der Waals surface area contributed by atoms with E-state index in [-0.39, 0.29) is 0 Å². The number of fused-ring (bicyclic) bond motifs is 10. The molecule has 0 aliphatic heterocycles. The maximum Gasteiger partial charge on any atom is 0.164 e. The van der Waals surface area contributed by atoms with Gasteiger partial charge in [0.25, 0.3) is 0 Å². The highest BCUT2D eigenvalue weighted by Crippen LogP contribution is 2.63. The lowest BCUT2D eigenvalue weighted by atomic mass is 9.70. The summed E-state index contributed by atoms with van der Waals surface area (Å²) >= 11 is 0. The summed E-state index contributed by atoms with van der Waals surface area (Å²) in [5.41, 5.74) is 14.9. The maximum absolute atomic E-state index is 5.27. The molecule has 228 valence electrons. The zero-order valence-corrected chi connectivity index (χ0v) is 26.6. The molecule has 2 aliphatic carbocycles. The average Bonchev–Trinajstić information content (AvgIpc) is 3.66. The topological polar surface area (TPSA) is 38.7 Å². The van der Waals surface area contributed by atoms with E-state index in [0.29, 0.717) is 17.5 Å². The number of hydrogen-bond acceptors (Lipinski definition) is 3. The van der Waals surface area contributed by atoms with E-state index in [1.165, 1.54) is 44.5 Å². The Morgan fingerprint density at radius 3 is 1.39 bits per heavy atom. The van der Waals surface area contributed by atoms with E-state index in [1.807, 2.05) is 24.3 Å². The van der Waals surface area contributed by atoms with Crippen molar-refractivity contribution in [3.05, 3.63) is 198 Å². The lowest BCUT2D eigenvalue weighted by molar-refractivity contribution is 0.794. The fourth-order valence-corrected chi connectivity index (χ4v) is 8.14. The zero-order chi connectivity index (χ0) is 32.4. The highest BCUT2D eigenvalue weighted by atomic mass is 15.0. The molecule has 3 nitrogen and oxygen atoms in total. The van der Waals surface area contributed by atoms with E-state index < -0.39 is 5.41 Å². The molecule has 0 radical (unpaired) electrons. The normalized spacial score (nSPS) is 13.1. The van der Waals surface area contributed by atoms with E-state index in [0.717, 1.165) is 27.8 Å². The van der Waals surface area contributed by atoms with Crippen LogP contribution in [0.5, 0.6) is 0 Å². The van der Waals surface area contributed by atoms with Gasteiger partial charge in [-0.2, -0.15) is 0 Å². The minimum atomic E-state index is -0.433. The molecule has 1 heterocycles. The molecule has 0 amide bonds. The number of aromatic nitrogens is 3. The quantitative estimate of drug-likeness (QED) is 0.196. The second-order valence-electron chi connectivity index (χ2n) is 12.7. The highest BCUT2D eigenvalue weighted by Gasteiger charge is 2.52. The third kappa shape index (κ3) is 4.06. The van der Waals surface area contributed by atoms with Crippen molar-refractivity contribution < 1.29 is 0 Å². The fourth-order valence-electron chi connectivity index (χ4n) is 8.14. The summed E-state index contributed by atoms with van der Waals surface area (Å²) in [5, 5.41) is 0. The lowest BCUT2D eigenvalue weighted by Gasteiger charge is -2.30. The largest absolute Gasteiger partial charge is 0.208 e. The van der Waals surface area contributed by atoms with Crippen molar-refractivity contribution in [2.24, 2.45) is 0 Å². The van der Waals surface area contributed by atoms with Gasteiger partial charge in [0.2, 0.25) is 0 Å². The molecular weight excluding hydrogens is 595 g/mol. The Morgan fingerprint density at radius 1 is 0.286 bits per heavy atom. The van der Waals surface area contributed by atoms with Crippen molar-refractivity contribution in [2.75, 3.05) is 0 Å². The smallest absolute Gasteiger partial charge is 0.164 e. The summed E-state index contributed by atoms with van der Waals surface area (Å²) in [4.78, 5) is 15.6. The SMILES string of the molecule is c1ccc(-c2cccc(-c3nc(-c4ccccc4)nc(-c4cccc5c4-c4ccccc4C54c5ccccc5-c5ccccc54)n3)c2)cc1. The van der Waals surface area contributed by atoms with Crippen molar-refractivity contribution in [3.8, 4) is 67.5 Å². The van der Waals surface area contributed by atoms with Crippen molar-refractivity contribution in [1.29, 1.82) is 0 Å². The molecule has 2 aliphatic rings. The van der Waals surface area contributed by atoms with Gasteiger partial charge in [0.05, 0.1) is 5.41 Å². The Morgan fingerprint density at radius 2 is 0.714 bits per heavy atom. The summed E-state index contributed by atoms with van der Waals surface area (Å²) in [5.74, 6) is 1.97. The number of hydrogen-bond donors (Lipinski definition) is 0. The molecule has 0 unspecified atom stereocenters. The number of benzene rings is 7. The van der Waals surface area contributed by atoms with Crippen LogP contribution in [0.1, 0.15) is 22.3 Å². The van der Waals surface area contributed by atoms with Crippen LogP contribution in [0, 0.1) is 0 Å². The molecule has 0 atom stereocenters. The first-order valence-corrected chi connectivity index (χ1v) is 16.7. The molecule has 10 rings (SSSR count). The monoisotopic (exact) mass is 623 g/mol. The first-order chi connectivity index (χ1) is 24.3.